The van der Waals surface area contributed by atoms with E-state index in [1.54, 1.807) is 18.6 Å². The van der Waals surface area contributed by atoms with Crippen molar-refractivity contribution in [2.75, 3.05) is 39.3 Å². The first-order valence-corrected chi connectivity index (χ1v) is 8.20. The van der Waals surface area contributed by atoms with E-state index in [0.29, 0.717) is 30.9 Å². The molecule has 0 aromatic carbocycles. The average molecular weight is 304 g/mol. The third-order valence-corrected chi connectivity index (χ3v) is 4.53. The average Bonchev–Trinajstić information content (AvgIpc) is 3.10. The summed E-state index contributed by atoms with van der Waals surface area (Å²) in [7, 11) is 0. The Morgan fingerprint density at radius 2 is 1.95 bits per heavy atom. The van der Waals surface area contributed by atoms with Crippen LogP contribution in [-0.2, 0) is 4.79 Å². The smallest absolute Gasteiger partial charge is 0.236 e. The molecule has 0 spiro atoms. The number of amides is 1. The van der Waals surface area contributed by atoms with Gasteiger partial charge in [0.15, 0.2) is 0 Å². The van der Waals surface area contributed by atoms with Crippen molar-refractivity contribution in [2.24, 2.45) is 5.92 Å². The summed E-state index contributed by atoms with van der Waals surface area (Å²) in [6, 6.07) is 0. The van der Waals surface area contributed by atoms with Gasteiger partial charge in [0, 0.05) is 25.5 Å². The Hall–Kier alpha value is -1.69. The van der Waals surface area contributed by atoms with Crippen molar-refractivity contribution in [1.82, 2.24) is 19.8 Å². The Kier molecular flexibility index (Phi) is 5.21. The third-order valence-electron chi connectivity index (χ3n) is 4.53. The van der Waals surface area contributed by atoms with Gasteiger partial charge in [-0.05, 0) is 44.7 Å². The van der Waals surface area contributed by atoms with Crippen molar-refractivity contribution in [3.63, 3.8) is 0 Å². The molecule has 2 saturated heterocycles. The van der Waals surface area contributed by atoms with Crippen molar-refractivity contribution in [2.45, 2.75) is 25.7 Å². The highest BCUT2D eigenvalue weighted by Crippen LogP contribution is 2.19. The highest BCUT2D eigenvalue weighted by molar-refractivity contribution is 5.78. The highest BCUT2D eigenvalue weighted by atomic mass is 16.5. The first kappa shape index (κ1) is 15.2. The second-order valence-corrected chi connectivity index (χ2v) is 6.16. The lowest BCUT2D eigenvalue weighted by atomic mass is 9.98. The van der Waals surface area contributed by atoms with Crippen LogP contribution in [0.1, 0.15) is 25.7 Å². The molecule has 0 atom stereocenters. The molecule has 3 rings (SSSR count). The number of piperidine rings is 1. The molecule has 120 valence electrons. The maximum Gasteiger partial charge on any atom is 0.236 e. The number of rotatable bonds is 5. The van der Waals surface area contributed by atoms with Gasteiger partial charge in [-0.2, -0.15) is 0 Å². The van der Waals surface area contributed by atoms with E-state index in [1.165, 1.54) is 0 Å². The zero-order valence-corrected chi connectivity index (χ0v) is 13.0. The zero-order valence-electron chi connectivity index (χ0n) is 13.0. The van der Waals surface area contributed by atoms with Gasteiger partial charge in [0.2, 0.25) is 11.8 Å². The first-order valence-electron chi connectivity index (χ1n) is 8.20. The second kappa shape index (κ2) is 7.54. The number of likely N-dealkylation sites (tertiary alicyclic amines) is 2. The van der Waals surface area contributed by atoms with Crippen LogP contribution in [0.4, 0.5) is 0 Å². The molecule has 0 saturated carbocycles. The minimum Gasteiger partial charge on any atom is -0.476 e. The molecule has 0 aliphatic carbocycles. The van der Waals surface area contributed by atoms with Crippen molar-refractivity contribution < 1.29 is 9.53 Å². The van der Waals surface area contributed by atoms with E-state index in [1.807, 2.05) is 4.90 Å². The van der Waals surface area contributed by atoms with Crippen molar-refractivity contribution in [1.29, 1.82) is 0 Å². The van der Waals surface area contributed by atoms with Crippen molar-refractivity contribution in [3.05, 3.63) is 18.6 Å². The maximum atomic E-state index is 12.2. The number of hydrogen-bond donors (Lipinski definition) is 0. The molecular weight excluding hydrogens is 280 g/mol. The van der Waals surface area contributed by atoms with Crippen molar-refractivity contribution in [3.8, 4) is 5.88 Å². The fraction of sp³-hybridized carbons (Fsp3) is 0.688. The van der Waals surface area contributed by atoms with E-state index in [0.717, 1.165) is 51.9 Å². The third kappa shape index (κ3) is 4.16. The molecule has 0 radical (unpaired) electrons. The SMILES string of the molecule is O=C(CN1CCC(COc2cnccn2)CC1)N1CCCC1. The summed E-state index contributed by atoms with van der Waals surface area (Å²) in [6.07, 6.45) is 9.40. The van der Waals surface area contributed by atoms with E-state index in [4.69, 9.17) is 4.74 Å². The van der Waals surface area contributed by atoms with Crippen LogP contribution in [-0.4, -0.2) is 65.0 Å². The van der Waals surface area contributed by atoms with Crippen LogP contribution < -0.4 is 4.74 Å². The van der Waals surface area contributed by atoms with Gasteiger partial charge in [-0.15, -0.1) is 0 Å². The van der Waals surface area contributed by atoms with E-state index < -0.39 is 0 Å². The molecular formula is C16H24N4O2. The van der Waals surface area contributed by atoms with Gasteiger partial charge in [-0.25, -0.2) is 4.98 Å². The van der Waals surface area contributed by atoms with Gasteiger partial charge in [0.05, 0.1) is 19.3 Å². The van der Waals surface area contributed by atoms with Gasteiger partial charge in [0.25, 0.3) is 0 Å². The van der Waals surface area contributed by atoms with Gasteiger partial charge in [-0.3, -0.25) is 14.7 Å². The fourth-order valence-corrected chi connectivity index (χ4v) is 3.13. The lowest BCUT2D eigenvalue weighted by Crippen LogP contribution is -2.43. The van der Waals surface area contributed by atoms with Gasteiger partial charge in [-0.1, -0.05) is 0 Å². The summed E-state index contributed by atoms with van der Waals surface area (Å²) in [5, 5.41) is 0. The molecule has 0 unspecified atom stereocenters. The molecule has 2 aliphatic heterocycles. The molecule has 3 heterocycles. The molecule has 1 amide bonds. The highest BCUT2D eigenvalue weighted by Gasteiger charge is 2.24. The van der Waals surface area contributed by atoms with Crippen LogP contribution in [0, 0.1) is 5.92 Å². The van der Waals surface area contributed by atoms with Crippen molar-refractivity contribution >= 4 is 5.91 Å². The van der Waals surface area contributed by atoms with E-state index in [2.05, 4.69) is 14.9 Å². The standard InChI is InChI=1S/C16H24N4O2/c21-16(20-7-1-2-8-20)12-19-9-3-14(4-10-19)13-22-15-11-17-5-6-18-15/h5-6,11,14H,1-4,7-10,12-13H2. The van der Waals surface area contributed by atoms with Crippen LogP contribution in [0.25, 0.3) is 0 Å². The Labute approximate surface area is 131 Å². The van der Waals surface area contributed by atoms with Crippen LogP contribution >= 0.6 is 0 Å². The quantitative estimate of drug-likeness (QED) is 0.818. The maximum absolute atomic E-state index is 12.2. The molecule has 0 N–H and O–H groups in total. The molecule has 2 aliphatic rings. The number of hydrogen-bond acceptors (Lipinski definition) is 5. The van der Waals surface area contributed by atoms with Gasteiger partial charge in [0.1, 0.15) is 0 Å². The van der Waals surface area contributed by atoms with E-state index in [9.17, 15) is 4.79 Å². The van der Waals surface area contributed by atoms with Gasteiger partial charge >= 0.3 is 0 Å². The molecule has 6 nitrogen and oxygen atoms in total. The van der Waals surface area contributed by atoms with Crippen LogP contribution in [0.5, 0.6) is 5.88 Å². The molecule has 6 heteroatoms. The summed E-state index contributed by atoms with van der Waals surface area (Å²) in [4.78, 5) is 24.5. The van der Waals surface area contributed by atoms with Crippen LogP contribution in [0.2, 0.25) is 0 Å². The molecule has 22 heavy (non-hydrogen) atoms. The summed E-state index contributed by atoms with van der Waals surface area (Å²) in [5.41, 5.74) is 0. The summed E-state index contributed by atoms with van der Waals surface area (Å²) < 4.78 is 5.68. The van der Waals surface area contributed by atoms with Crippen LogP contribution in [0.15, 0.2) is 18.6 Å². The molecule has 1 aromatic heterocycles. The van der Waals surface area contributed by atoms with E-state index in [-0.39, 0.29) is 0 Å². The summed E-state index contributed by atoms with van der Waals surface area (Å²) >= 11 is 0. The predicted molar refractivity (Wildman–Crippen MR) is 82.5 cm³/mol. The Bertz CT molecular complexity index is 468. The Balaban J connectivity index is 1.36. The van der Waals surface area contributed by atoms with E-state index >= 15 is 0 Å². The molecule has 2 fully saturated rings. The minimum atomic E-state index is 0.298. The first-order chi connectivity index (χ1) is 10.8. The lowest BCUT2D eigenvalue weighted by molar-refractivity contribution is -0.131. The van der Waals surface area contributed by atoms with Crippen LogP contribution in [0.3, 0.4) is 0 Å². The number of ether oxygens (including phenoxy) is 1. The number of carbonyl (C=O) groups excluding carboxylic acids is 1. The summed E-state index contributed by atoms with van der Waals surface area (Å²) in [6.45, 7) is 5.12. The summed E-state index contributed by atoms with van der Waals surface area (Å²) in [5.74, 6) is 1.43. The topological polar surface area (TPSA) is 58.6 Å². The zero-order chi connectivity index (χ0) is 15.2. The van der Waals surface area contributed by atoms with Gasteiger partial charge < -0.3 is 9.64 Å². The normalized spacial score (nSPS) is 20.3. The lowest BCUT2D eigenvalue weighted by Gasteiger charge is -2.32. The number of nitrogens with zero attached hydrogens (tertiary/aromatic N) is 4. The minimum absolute atomic E-state index is 0.298. The molecule has 0 bridgehead atoms. The Morgan fingerprint density at radius 1 is 1.18 bits per heavy atom. The Morgan fingerprint density at radius 3 is 2.64 bits per heavy atom. The monoisotopic (exact) mass is 304 g/mol. The number of carbonyl (C=O) groups is 1. The second-order valence-electron chi connectivity index (χ2n) is 6.16. The number of aromatic nitrogens is 2. The largest absolute Gasteiger partial charge is 0.476 e. The predicted octanol–water partition coefficient (Wildman–Crippen LogP) is 1.19. The fourth-order valence-electron chi connectivity index (χ4n) is 3.13. The molecule has 1 aromatic rings.